The van der Waals surface area contributed by atoms with Crippen LogP contribution in [0.2, 0.25) is 0 Å². The lowest BCUT2D eigenvalue weighted by Crippen LogP contribution is -2.47. The third-order valence-corrected chi connectivity index (χ3v) is 4.39. The quantitative estimate of drug-likeness (QED) is 0.580. The van der Waals surface area contributed by atoms with Crippen LogP contribution < -0.4 is 10.1 Å². The second kappa shape index (κ2) is 8.99. The zero-order chi connectivity index (χ0) is 19.1. The monoisotopic (exact) mass is 357 g/mol. The van der Waals surface area contributed by atoms with Gasteiger partial charge in [0.25, 0.3) is 5.91 Å². The topological polar surface area (TPSA) is 81.7 Å². The summed E-state index contributed by atoms with van der Waals surface area (Å²) >= 11 is 0. The van der Waals surface area contributed by atoms with Crippen LogP contribution in [-0.4, -0.2) is 37.9 Å². The number of amides is 1. The summed E-state index contributed by atoms with van der Waals surface area (Å²) in [4.78, 5) is 35.5. The van der Waals surface area contributed by atoms with Gasteiger partial charge in [-0.05, 0) is 22.8 Å². The van der Waals surface area contributed by atoms with Crippen molar-refractivity contribution < 1.29 is 23.9 Å². The van der Waals surface area contributed by atoms with Crippen molar-refractivity contribution in [2.45, 2.75) is 26.3 Å². The number of benzene rings is 2. The first-order valence-corrected chi connectivity index (χ1v) is 8.48. The third kappa shape index (κ3) is 4.39. The Balaban J connectivity index is 2.10. The van der Waals surface area contributed by atoms with E-state index in [2.05, 4.69) is 5.32 Å². The highest BCUT2D eigenvalue weighted by Crippen LogP contribution is 2.26. The van der Waals surface area contributed by atoms with Gasteiger partial charge in [-0.3, -0.25) is 9.59 Å². The van der Waals surface area contributed by atoms with E-state index in [9.17, 15) is 14.4 Å². The average Bonchev–Trinajstić information content (AvgIpc) is 2.68. The maximum atomic E-state index is 12.2. The fourth-order valence-electron chi connectivity index (χ4n) is 2.68. The second-order valence-electron chi connectivity index (χ2n) is 6.06. The highest BCUT2D eigenvalue weighted by Gasteiger charge is 2.26. The van der Waals surface area contributed by atoms with Crippen molar-refractivity contribution in [3.63, 3.8) is 0 Å². The molecule has 1 N–H and O–H groups in total. The molecule has 0 bridgehead atoms. The van der Waals surface area contributed by atoms with Gasteiger partial charge in [0, 0.05) is 0 Å². The van der Waals surface area contributed by atoms with Gasteiger partial charge in [0.2, 0.25) is 0 Å². The van der Waals surface area contributed by atoms with Crippen LogP contribution in [0.15, 0.2) is 36.4 Å². The highest BCUT2D eigenvalue weighted by atomic mass is 16.5. The van der Waals surface area contributed by atoms with Crippen LogP contribution in [0.25, 0.3) is 10.8 Å². The molecule has 0 saturated heterocycles. The average molecular weight is 357 g/mol. The highest BCUT2D eigenvalue weighted by molar-refractivity contribution is 6.00. The molecule has 0 aliphatic rings. The molecule has 2 aromatic carbocycles. The van der Waals surface area contributed by atoms with Crippen molar-refractivity contribution >= 4 is 28.9 Å². The van der Waals surface area contributed by atoms with Gasteiger partial charge in [-0.25, -0.2) is 4.79 Å². The van der Waals surface area contributed by atoms with E-state index in [0.717, 1.165) is 10.8 Å². The molecule has 2 aromatic rings. The van der Waals surface area contributed by atoms with Crippen molar-refractivity contribution in [3.05, 3.63) is 42.0 Å². The van der Waals surface area contributed by atoms with Crippen LogP contribution in [0.1, 0.15) is 30.6 Å². The number of hydrogen-bond donors (Lipinski definition) is 1. The minimum atomic E-state index is -0.733. The maximum absolute atomic E-state index is 12.2. The number of carbonyl (C=O) groups excluding carboxylic acids is 3. The summed E-state index contributed by atoms with van der Waals surface area (Å²) in [6.07, 6.45) is 1.42. The smallest absolute Gasteiger partial charge is 0.328 e. The molecule has 138 valence electrons. The number of methoxy groups -OCH3 is 1. The van der Waals surface area contributed by atoms with Gasteiger partial charge in [0.05, 0.1) is 12.7 Å². The molecule has 0 spiro atoms. The summed E-state index contributed by atoms with van der Waals surface area (Å²) in [6, 6.07) is 10.2. The predicted octanol–water partition coefficient (Wildman–Crippen LogP) is 2.74. The summed E-state index contributed by atoms with van der Waals surface area (Å²) in [7, 11) is 1.28. The van der Waals surface area contributed by atoms with Crippen LogP contribution in [0.5, 0.6) is 5.75 Å². The van der Waals surface area contributed by atoms with E-state index in [1.165, 1.54) is 7.11 Å². The maximum Gasteiger partial charge on any atom is 0.328 e. The Labute approximate surface area is 152 Å². The van der Waals surface area contributed by atoms with Crippen LogP contribution in [0.4, 0.5) is 0 Å². The Morgan fingerprint density at radius 1 is 1.19 bits per heavy atom. The molecule has 0 fully saturated rings. The zero-order valence-electron chi connectivity index (χ0n) is 15.2. The van der Waals surface area contributed by atoms with E-state index in [1.54, 1.807) is 6.07 Å². The summed E-state index contributed by atoms with van der Waals surface area (Å²) < 4.78 is 10.3. The number of aldehydes is 1. The molecule has 1 amide bonds. The SMILES string of the molecule is CC[C@@H](C)[C@@H](NC(=O)COc1ccc2ccccc2c1C=O)C(=O)OC. The Kier molecular flexibility index (Phi) is 6.72. The molecule has 0 aliphatic heterocycles. The largest absolute Gasteiger partial charge is 0.483 e. The van der Waals surface area contributed by atoms with Crippen molar-refractivity contribution in [1.82, 2.24) is 5.32 Å². The standard InChI is InChI=1S/C20H23NO5/c1-4-13(2)19(20(24)25-3)21-18(23)12-26-17-10-9-14-7-5-6-8-15(14)16(17)11-22/h5-11,13,19H,4,12H2,1-3H3,(H,21,23)/t13-,19-/m1/s1. The van der Waals surface area contributed by atoms with Gasteiger partial charge in [0.1, 0.15) is 11.8 Å². The summed E-state index contributed by atoms with van der Waals surface area (Å²) in [5, 5.41) is 4.30. The van der Waals surface area contributed by atoms with Gasteiger partial charge in [0.15, 0.2) is 12.9 Å². The normalized spacial score (nSPS) is 12.9. The molecule has 26 heavy (non-hydrogen) atoms. The molecule has 2 atom stereocenters. The minimum Gasteiger partial charge on any atom is -0.483 e. The fourth-order valence-corrected chi connectivity index (χ4v) is 2.68. The number of carbonyl (C=O) groups is 3. The molecule has 2 rings (SSSR count). The summed E-state index contributed by atoms with van der Waals surface area (Å²) in [6.45, 7) is 3.48. The van der Waals surface area contributed by atoms with Crippen molar-refractivity contribution in [3.8, 4) is 5.75 Å². The number of nitrogens with one attached hydrogen (secondary N) is 1. The van der Waals surface area contributed by atoms with E-state index in [1.807, 2.05) is 44.2 Å². The number of fused-ring (bicyclic) bond motifs is 1. The molecule has 0 aliphatic carbocycles. The molecule has 0 saturated carbocycles. The van der Waals surface area contributed by atoms with Crippen LogP contribution in [-0.2, 0) is 14.3 Å². The predicted molar refractivity (Wildman–Crippen MR) is 98.2 cm³/mol. The van der Waals surface area contributed by atoms with Crippen LogP contribution in [0.3, 0.4) is 0 Å². The number of esters is 1. The van der Waals surface area contributed by atoms with Crippen molar-refractivity contribution in [1.29, 1.82) is 0 Å². The Morgan fingerprint density at radius 2 is 1.92 bits per heavy atom. The number of rotatable bonds is 8. The molecule has 6 heteroatoms. The van der Waals surface area contributed by atoms with Crippen molar-refractivity contribution in [2.24, 2.45) is 5.92 Å². The lowest BCUT2D eigenvalue weighted by molar-refractivity contribution is -0.146. The molecule has 6 nitrogen and oxygen atoms in total. The third-order valence-electron chi connectivity index (χ3n) is 4.39. The lowest BCUT2D eigenvalue weighted by atomic mass is 9.99. The van der Waals surface area contributed by atoms with Crippen LogP contribution >= 0.6 is 0 Å². The first-order chi connectivity index (χ1) is 12.5. The van der Waals surface area contributed by atoms with Gasteiger partial charge in [-0.1, -0.05) is 50.6 Å². The first-order valence-electron chi connectivity index (χ1n) is 8.48. The first kappa shape index (κ1) is 19.4. The van der Waals surface area contributed by atoms with E-state index in [-0.39, 0.29) is 12.5 Å². The van der Waals surface area contributed by atoms with Gasteiger partial charge >= 0.3 is 5.97 Å². The Bertz CT molecular complexity index is 802. The molecule has 0 radical (unpaired) electrons. The molecule has 0 unspecified atom stereocenters. The van der Waals surface area contributed by atoms with Gasteiger partial charge in [-0.15, -0.1) is 0 Å². The Hall–Kier alpha value is -2.89. The summed E-state index contributed by atoms with van der Waals surface area (Å²) in [5.74, 6) is -0.692. The molecular formula is C20H23NO5. The van der Waals surface area contributed by atoms with E-state index >= 15 is 0 Å². The van der Waals surface area contributed by atoms with E-state index < -0.39 is 17.9 Å². The van der Waals surface area contributed by atoms with Crippen LogP contribution in [0, 0.1) is 5.92 Å². The van der Waals surface area contributed by atoms with Gasteiger partial charge in [-0.2, -0.15) is 0 Å². The zero-order valence-corrected chi connectivity index (χ0v) is 15.2. The number of hydrogen-bond acceptors (Lipinski definition) is 5. The molecule has 0 aromatic heterocycles. The van der Waals surface area contributed by atoms with E-state index in [0.29, 0.717) is 24.0 Å². The minimum absolute atomic E-state index is 0.0717. The fraction of sp³-hybridized carbons (Fsp3) is 0.350. The second-order valence-corrected chi connectivity index (χ2v) is 6.06. The van der Waals surface area contributed by atoms with Crippen molar-refractivity contribution in [2.75, 3.05) is 13.7 Å². The summed E-state index contributed by atoms with van der Waals surface area (Å²) in [5.41, 5.74) is 0.391. The molecule has 0 heterocycles. The lowest BCUT2D eigenvalue weighted by Gasteiger charge is -2.22. The number of ether oxygens (including phenoxy) is 2. The molecular weight excluding hydrogens is 334 g/mol. The van der Waals surface area contributed by atoms with E-state index in [4.69, 9.17) is 9.47 Å². The van der Waals surface area contributed by atoms with Gasteiger partial charge < -0.3 is 14.8 Å². The Morgan fingerprint density at radius 3 is 2.58 bits per heavy atom.